The summed E-state index contributed by atoms with van der Waals surface area (Å²) in [5, 5.41) is 0. The molecular formula is C18H20O. The first-order valence-electron chi connectivity index (χ1n) is 7.64. The van der Waals surface area contributed by atoms with E-state index in [-0.39, 0.29) is 5.41 Å². The van der Waals surface area contributed by atoms with Crippen molar-refractivity contribution >= 4 is 5.78 Å². The number of carbonyl (C=O) groups is 1. The fourth-order valence-corrected chi connectivity index (χ4v) is 4.83. The van der Waals surface area contributed by atoms with Crippen molar-refractivity contribution in [1.82, 2.24) is 0 Å². The van der Waals surface area contributed by atoms with E-state index >= 15 is 0 Å². The van der Waals surface area contributed by atoms with E-state index in [1.165, 1.54) is 31.2 Å². The van der Waals surface area contributed by atoms with Gasteiger partial charge in [0.2, 0.25) is 0 Å². The maximum atomic E-state index is 13.1. The van der Waals surface area contributed by atoms with Crippen molar-refractivity contribution in [2.24, 2.45) is 11.3 Å². The standard InChI is InChI=1S/C18H20O/c19-17-15-10-4-3-9-14(15)16-11-5-6-12-18(16,17)13-7-1-2-8-13/h1,3-4,7,9-10,13,16H,2,5-6,8,11-12H2/t13-,16+,18-/m0/s1. The normalized spacial score (nSPS) is 36.3. The molecule has 0 aliphatic heterocycles. The number of rotatable bonds is 1. The number of Topliss-reactive ketones (excluding diaryl/α,β-unsaturated/α-hetero) is 1. The zero-order valence-electron chi connectivity index (χ0n) is 11.3. The minimum Gasteiger partial charge on any atom is -0.293 e. The Morgan fingerprint density at radius 3 is 2.84 bits per heavy atom. The number of allylic oxidation sites excluding steroid dienone is 2. The predicted octanol–water partition coefficient (Wildman–Crippen LogP) is 4.49. The summed E-state index contributed by atoms with van der Waals surface area (Å²) in [6.07, 6.45) is 11.8. The van der Waals surface area contributed by atoms with Crippen molar-refractivity contribution in [1.29, 1.82) is 0 Å². The first-order valence-corrected chi connectivity index (χ1v) is 7.64. The molecule has 3 atom stereocenters. The first-order chi connectivity index (χ1) is 9.34. The van der Waals surface area contributed by atoms with Crippen molar-refractivity contribution in [2.75, 3.05) is 0 Å². The van der Waals surface area contributed by atoms with Gasteiger partial charge in [-0.1, -0.05) is 49.3 Å². The number of fused-ring (bicyclic) bond motifs is 3. The summed E-state index contributed by atoms with van der Waals surface area (Å²) in [7, 11) is 0. The highest BCUT2D eigenvalue weighted by Crippen LogP contribution is 2.60. The van der Waals surface area contributed by atoms with Crippen LogP contribution in [0.5, 0.6) is 0 Å². The van der Waals surface area contributed by atoms with E-state index in [2.05, 4.69) is 30.4 Å². The van der Waals surface area contributed by atoms with Crippen molar-refractivity contribution < 1.29 is 4.79 Å². The van der Waals surface area contributed by atoms with Gasteiger partial charge in [-0.05, 0) is 43.1 Å². The van der Waals surface area contributed by atoms with Crippen molar-refractivity contribution in [2.45, 2.75) is 44.4 Å². The number of benzene rings is 1. The number of hydrogen-bond donors (Lipinski definition) is 0. The van der Waals surface area contributed by atoms with Crippen molar-refractivity contribution in [3.8, 4) is 0 Å². The number of hydrogen-bond acceptors (Lipinski definition) is 1. The summed E-state index contributed by atoms with van der Waals surface area (Å²) < 4.78 is 0. The molecule has 0 bridgehead atoms. The zero-order valence-corrected chi connectivity index (χ0v) is 11.3. The molecule has 0 heterocycles. The molecule has 0 unspecified atom stereocenters. The molecule has 1 heteroatoms. The van der Waals surface area contributed by atoms with Crippen LogP contribution in [0.1, 0.15) is 60.4 Å². The molecule has 0 saturated heterocycles. The first kappa shape index (κ1) is 11.5. The van der Waals surface area contributed by atoms with Crippen LogP contribution in [0, 0.1) is 11.3 Å². The highest BCUT2D eigenvalue weighted by atomic mass is 16.1. The molecule has 1 aromatic carbocycles. The van der Waals surface area contributed by atoms with Gasteiger partial charge in [0.05, 0.1) is 0 Å². The molecule has 1 nitrogen and oxygen atoms in total. The highest BCUT2D eigenvalue weighted by Gasteiger charge is 2.56. The van der Waals surface area contributed by atoms with E-state index in [1.807, 2.05) is 6.07 Å². The third-order valence-corrected chi connectivity index (χ3v) is 5.63. The van der Waals surface area contributed by atoms with Crippen LogP contribution in [0.2, 0.25) is 0 Å². The molecule has 0 N–H and O–H groups in total. The van der Waals surface area contributed by atoms with Gasteiger partial charge in [-0.3, -0.25) is 4.79 Å². The Morgan fingerprint density at radius 2 is 2.00 bits per heavy atom. The zero-order chi connectivity index (χ0) is 12.9. The van der Waals surface area contributed by atoms with Gasteiger partial charge in [0.25, 0.3) is 0 Å². The van der Waals surface area contributed by atoms with Gasteiger partial charge in [-0.25, -0.2) is 0 Å². The lowest BCUT2D eigenvalue weighted by Crippen LogP contribution is -2.40. The van der Waals surface area contributed by atoms with Gasteiger partial charge in [0, 0.05) is 11.0 Å². The van der Waals surface area contributed by atoms with E-state index in [0.29, 0.717) is 17.6 Å². The van der Waals surface area contributed by atoms with E-state index < -0.39 is 0 Å². The second-order valence-electron chi connectivity index (χ2n) is 6.37. The Labute approximate surface area is 114 Å². The molecule has 1 aromatic rings. The van der Waals surface area contributed by atoms with E-state index in [4.69, 9.17) is 0 Å². The Balaban J connectivity index is 1.88. The minimum atomic E-state index is -0.0884. The van der Waals surface area contributed by atoms with Crippen LogP contribution in [0.4, 0.5) is 0 Å². The molecule has 98 valence electrons. The summed E-state index contributed by atoms with van der Waals surface area (Å²) in [5.74, 6) is 1.42. The fraction of sp³-hybridized carbons (Fsp3) is 0.500. The Kier molecular flexibility index (Phi) is 2.45. The van der Waals surface area contributed by atoms with Crippen LogP contribution >= 0.6 is 0 Å². The van der Waals surface area contributed by atoms with Crippen LogP contribution in [0.3, 0.4) is 0 Å². The second kappa shape index (κ2) is 4.06. The average molecular weight is 252 g/mol. The third-order valence-electron chi connectivity index (χ3n) is 5.63. The average Bonchev–Trinajstić information content (AvgIpc) is 3.07. The third kappa shape index (κ3) is 1.39. The highest BCUT2D eigenvalue weighted by molar-refractivity contribution is 6.06. The molecule has 0 radical (unpaired) electrons. The Bertz CT molecular complexity index is 557. The fourth-order valence-electron chi connectivity index (χ4n) is 4.83. The van der Waals surface area contributed by atoms with Crippen LogP contribution in [-0.4, -0.2) is 5.78 Å². The van der Waals surface area contributed by atoms with Gasteiger partial charge in [0.1, 0.15) is 0 Å². The lowest BCUT2D eigenvalue weighted by molar-refractivity contribution is 0.0578. The van der Waals surface area contributed by atoms with Gasteiger partial charge >= 0.3 is 0 Å². The maximum absolute atomic E-state index is 13.1. The van der Waals surface area contributed by atoms with Crippen molar-refractivity contribution in [3.63, 3.8) is 0 Å². The number of ketones is 1. The summed E-state index contributed by atoms with van der Waals surface area (Å²) >= 11 is 0. The van der Waals surface area contributed by atoms with Gasteiger partial charge in [-0.15, -0.1) is 0 Å². The van der Waals surface area contributed by atoms with Crippen molar-refractivity contribution in [3.05, 3.63) is 47.5 Å². The van der Waals surface area contributed by atoms with Crippen LogP contribution in [0.25, 0.3) is 0 Å². The molecule has 3 aliphatic carbocycles. The Hall–Kier alpha value is -1.37. The molecular weight excluding hydrogens is 232 g/mol. The van der Waals surface area contributed by atoms with Gasteiger partial charge in [0.15, 0.2) is 5.78 Å². The quantitative estimate of drug-likeness (QED) is 0.673. The molecule has 3 aliphatic rings. The molecule has 1 saturated carbocycles. The van der Waals surface area contributed by atoms with Gasteiger partial charge < -0.3 is 0 Å². The minimum absolute atomic E-state index is 0.0884. The topological polar surface area (TPSA) is 17.1 Å². The summed E-state index contributed by atoms with van der Waals surface area (Å²) in [6.45, 7) is 0. The largest absolute Gasteiger partial charge is 0.293 e. The second-order valence-corrected chi connectivity index (χ2v) is 6.37. The molecule has 4 rings (SSSR count). The lowest BCUT2D eigenvalue weighted by Gasteiger charge is -2.42. The number of carbonyl (C=O) groups excluding carboxylic acids is 1. The molecule has 0 spiro atoms. The summed E-state index contributed by atoms with van der Waals surface area (Å²) in [5.41, 5.74) is 2.27. The SMILES string of the molecule is O=C1c2ccccc2[C@H]2CCCC[C@@]12[C@H]1C=CCC1. The van der Waals surface area contributed by atoms with Gasteiger partial charge in [-0.2, -0.15) is 0 Å². The lowest BCUT2D eigenvalue weighted by atomic mass is 9.59. The Morgan fingerprint density at radius 1 is 1.11 bits per heavy atom. The van der Waals surface area contributed by atoms with Crippen LogP contribution in [0.15, 0.2) is 36.4 Å². The molecule has 1 fully saturated rings. The van der Waals surface area contributed by atoms with E-state index in [1.54, 1.807) is 0 Å². The smallest absolute Gasteiger partial charge is 0.170 e. The van der Waals surface area contributed by atoms with E-state index in [9.17, 15) is 4.79 Å². The molecule has 19 heavy (non-hydrogen) atoms. The summed E-state index contributed by atoms with van der Waals surface area (Å²) in [4.78, 5) is 13.1. The monoisotopic (exact) mass is 252 g/mol. The molecule has 0 aromatic heterocycles. The van der Waals surface area contributed by atoms with Crippen LogP contribution < -0.4 is 0 Å². The van der Waals surface area contributed by atoms with E-state index in [0.717, 1.165) is 18.4 Å². The summed E-state index contributed by atoms with van der Waals surface area (Å²) in [6, 6.07) is 8.37. The maximum Gasteiger partial charge on any atom is 0.170 e. The molecule has 0 amide bonds. The van der Waals surface area contributed by atoms with Crippen LogP contribution in [-0.2, 0) is 0 Å². The predicted molar refractivity (Wildman–Crippen MR) is 76.3 cm³/mol.